The van der Waals surface area contributed by atoms with Gasteiger partial charge in [-0.05, 0) is 42.0 Å². The van der Waals surface area contributed by atoms with Crippen molar-refractivity contribution >= 4 is 5.97 Å². The van der Waals surface area contributed by atoms with E-state index in [4.69, 9.17) is 9.84 Å². The first kappa shape index (κ1) is 10.0. The van der Waals surface area contributed by atoms with E-state index in [-0.39, 0.29) is 6.42 Å². The summed E-state index contributed by atoms with van der Waals surface area (Å²) in [6.45, 7) is 0. The van der Waals surface area contributed by atoms with Crippen molar-refractivity contribution in [3.63, 3.8) is 0 Å². The molecule has 0 bridgehead atoms. The molecule has 1 aromatic carbocycles. The summed E-state index contributed by atoms with van der Waals surface area (Å²) in [6, 6.07) is 3.75. The topological polar surface area (TPSA) is 46.5 Å². The van der Waals surface area contributed by atoms with Gasteiger partial charge >= 0.3 is 5.97 Å². The number of aliphatic carboxylic acids is 1. The molecule has 0 spiro atoms. The Kier molecular flexibility index (Phi) is 2.62. The van der Waals surface area contributed by atoms with Crippen LogP contribution in [0.15, 0.2) is 12.1 Å². The van der Waals surface area contributed by atoms with E-state index >= 15 is 0 Å². The van der Waals surface area contributed by atoms with Crippen LogP contribution in [0.2, 0.25) is 0 Å². The molecule has 0 fully saturated rings. The SMILES string of the molecule is COc1ccc(CC(=O)O)c2c1CCC2. The molecule has 0 saturated carbocycles. The minimum Gasteiger partial charge on any atom is -0.496 e. The Morgan fingerprint density at radius 2 is 2.13 bits per heavy atom. The number of hydrogen-bond acceptors (Lipinski definition) is 2. The van der Waals surface area contributed by atoms with Gasteiger partial charge in [-0.3, -0.25) is 4.79 Å². The molecule has 0 radical (unpaired) electrons. The molecule has 1 N–H and O–H groups in total. The summed E-state index contributed by atoms with van der Waals surface area (Å²) in [6.07, 6.45) is 3.20. The smallest absolute Gasteiger partial charge is 0.307 e. The van der Waals surface area contributed by atoms with Crippen molar-refractivity contribution in [2.45, 2.75) is 25.7 Å². The Bertz CT molecular complexity index is 396. The predicted octanol–water partition coefficient (Wildman–Crippen LogP) is 1.81. The number of methoxy groups -OCH3 is 1. The molecule has 0 unspecified atom stereocenters. The van der Waals surface area contributed by atoms with E-state index in [0.717, 1.165) is 30.6 Å². The number of hydrogen-bond donors (Lipinski definition) is 1. The molecule has 0 amide bonds. The monoisotopic (exact) mass is 206 g/mol. The van der Waals surface area contributed by atoms with Crippen molar-refractivity contribution in [3.8, 4) is 5.75 Å². The summed E-state index contributed by atoms with van der Waals surface area (Å²) < 4.78 is 5.27. The second-order valence-corrected chi connectivity index (χ2v) is 3.81. The number of carboxylic acid groups (broad SMARTS) is 1. The van der Waals surface area contributed by atoms with Crippen LogP contribution < -0.4 is 4.74 Å². The molecular weight excluding hydrogens is 192 g/mol. The fourth-order valence-corrected chi connectivity index (χ4v) is 2.27. The van der Waals surface area contributed by atoms with E-state index in [2.05, 4.69) is 0 Å². The molecule has 0 aromatic heterocycles. The molecule has 0 saturated heterocycles. The normalized spacial score (nSPS) is 13.7. The van der Waals surface area contributed by atoms with Crippen LogP contribution in [-0.2, 0) is 24.1 Å². The van der Waals surface area contributed by atoms with Crippen LogP contribution in [0.3, 0.4) is 0 Å². The molecule has 1 aliphatic carbocycles. The lowest BCUT2D eigenvalue weighted by Crippen LogP contribution is -2.04. The maximum atomic E-state index is 10.7. The Labute approximate surface area is 88.7 Å². The first-order valence-corrected chi connectivity index (χ1v) is 5.12. The lowest BCUT2D eigenvalue weighted by molar-refractivity contribution is -0.136. The fraction of sp³-hybridized carbons (Fsp3) is 0.417. The highest BCUT2D eigenvalue weighted by atomic mass is 16.5. The first-order valence-electron chi connectivity index (χ1n) is 5.12. The lowest BCUT2D eigenvalue weighted by atomic mass is 10.00. The van der Waals surface area contributed by atoms with Gasteiger partial charge in [-0.2, -0.15) is 0 Å². The van der Waals surface area contributed by atoms with E-state index in [9.17, 15) is 4.79 Å². The number of ether oxygens (including phenoxy) is 1. The largest absolute Gasteiger partial charge is 0.496 e. The molecule has 0 heterocycles. The number of carboxylic acids is 1. The zero-order chi connectivity index (χ0) is 10.8. The highest BCUT2D eigenvalue weighted by Gasteiger charge is 2.19. The van der Waals surface area contributed by atoms with E-state index in [0.29, 0.717) is 0 Å². The third-order valence-electron chi connectivity index (χ3n) is 2.90. The molecule has 3 heteroatoms. The van der Waals surface area contributed by atoms with E-state index < -0.39 is 5.97 Å². The van der Waals surface area contributed by atoms with Gasteiger partial charge in [0.25, 0.3) is 0 Å². The van der Waals surface area contributed by atoms with Crippen molar-refractivity contribution in [2.24, 2.45) is 0 Å². The van der Waals surface area contributed by atoms with E-state index in [1.54, 1.807) is 7.11 Å². The molecule has 1 aliphatic rings. The van der Waals surface area contributed by atoms with Crippen LogP contribution >= 0.6 is 0 Å². The van der Waals surface area contributed by atoms with Gasteiger partial charge < -0.3 is 9.84 Å². The van der Waals surface area contributed by atoms with Crippen LogP contribution in [-0.4, -0.2) is 18.2 Å². The predicted molar refractivity (Wildman–Crippen MR) is 56.4 cm³/mol. The van der Waals surface area contributed by atoms with Crippen LogP contribution in [0, 0.1) is 0 Å². The molecule has 0 atom stereocenters. The average molecular weight is 206 g/mol. The minimum atomic E-state index is -0.769. The van der Waals surface area contributed by atoms with Gasteiger partial charge in [-0.15, -0.1) is 0 Å². The maximum absolute atomic E-state index is 10.7. The summed E-state index contributed by atoms with van der Waals surface area (Å²) in [7, 11) is 1.66. The molecule has 1 aromatic rings. The standard InChI is InChI=1S/C12H14O3/c1-15-11-6-5-8(7-12(13)14)9-3-2-4-10(9)11/h5-6H,2-4,7H2,1H3,(H,13,14). The summed E-state index contributed by atoms with van der Waals surface area (Å²) in [5, 5.41) is 8.79. The Hall–Kier alpha value is -1.51. The van der Waals surface area contributed by atoms with E-state index in [1.165, 1.54) is 11.1 Å². The van der Waals surface area contributed by atoms with Gasteiger partial charge in [0.1, 0.15) is 5.75 Å². The number of benzene rings is 1. The van der Waals surface area contributed by atoms with Gasteiger partial charge in [0, 0.05) is 0 Å². The van der Waals surface area contributed by atoms with Gasteiger partial charge in [0.05, 0.1) is 13.5 Å². The van der Waals surface area contributed by atoms with Crippen LogP contribution in [0.4, 0.5) is 0 Å². The van der Waals surface area contributed by atoms with Gasteiger partial charge in [0.15, 0.2) is 0 Å². The van der Waals surface area contributed by atoms with Crippen LogP contribution in [0.5, 0.6) is 5.75 Å². The summed E-state index contributed by atoms with van der Waals surface area (Å²) >= 11 is 0. The number of carbonyl (C=O) groups is 1. The molecule has 15 heavy (non-hydrogen) atoms. The zero-order valence-electron chi connectivity index (χ0n) is 8.75. The van der Waals surface area contributed by atoms with Gasteiger partial charge in [-0.25, -0.2) is 0 Å². The zero-order valence-corrected chi connectivity index (χ0v) is 8.75. The molecular formula is C12H14O3. The third-order valence-corrected chi connectivity index (χ3v) is 2.90. The minimum absolute atomic E-state index is 0.117. The molecule has 3 nitrogen and oxygen atoms in total. The summed E-state index contributed by atoms with van der Waals surface area (Å²) in [4.78, 5) is 10.7. The first-order chi connectivity index (χ1) is 7.22. The van der Waals surface area contributed by atoms with Crippen LogP contribution in [0.25, 0.3) is 0 Å². The molecule has 2 rings (SSSR count). The number of rotatable bonds is 3. The fourth-order valence-electron chi connectivity index (χ4n) is 2.27. The van der Waals surface area contributed by atoms with Gasteiger partial charge in [0.2, 0.25) is 0 Å². The third kappa shape index (κ3) is 1.82. The quantitative estimate of drug-likeness (QED) is 0.820. The Morgan fingerprint density at radius 3 is 2.80 bits per heavy atom. The Balaban J connectivity index is 2.42. The highest BCUT2D eigenvalue weighted by Crippen LogP contribution is 2.33. The second-order valence-electron chi connectivity index (χ2n) is 3.81. The highest BCUT2D eigenvalue weighted by molar-refractivity contribution is 5.71. The molecule has 0 aliphatic heterocycles. The van der Waals surface area contributed by atoms with Crippen molar-refractivity contribution in [3.05, 3.63) is 28.8 Å². The van der Waals surface area contributed by atoms with Crippen molar-refractivity contribution in [2.75, 3.05) is 7.11 Å². The van der Waals surface area contributed by atoms with Crippen molar-refractivity contribution in [1.82, 2.24) is 0 Å². The Morgan fingerprint density at radius 1 is 1.40 bits per heavy atom. The number of fused-ring (bicyclic) bond motifs is 1. The summed E-state index contributed by atoms with van der Waals surface area (Å²) in [5.41, 5.74) is 3.34. The average Bonchev–Trinajstić information content (AvgIpc) is 2.66. The van der Waals surface area contributed by atoms with Crippen molar-refractivity contribution < 1.29 is 14.6 Å². The second kappa shape index (κ2) is 3.93. The lowest BCUT2D eigenvalue weighted by Gasteiger charge is -2.10. The summed E-state index contributed by atoms with van der Waals surface area (Å²) in [5.74, 6) is 0.130. The maximum Gasteiger partial charge on any atom is 0.307 e. The molecule has 80 valence electrons. The van der Waals surface area contributed by atoms with Crippen LogP contribution in [0.1, 0.15) is 23.1 Å². The van der Waals surface area contributed by atoms with E-state index in [1.807, 2.05) is 12.1 Å². The van der Waals surface area contributed by atoms with Crippen molar-refractivity contribution in [1.29, 1.82) is 0 Å². The van der Waals surface area contributed by atoms with Gasteiger partial charge in [-0.1, -0.05) is 6.07 Å².